The Labute approximate surface area is 149 Å². The third-order valence-electron chi connectivity index (χ3n) is 5.47. The van der Waals surface area contributed by atoms with E-state index >= 15 is 0 Å². The minimum Gasteiger partial charge on any atom is -0.372 e. The summed E-state index contributed by atoms with van der Waals surface area (Å²) in [6, 6.07) is 10.7. The lowest BCUT2D eigenvalue weighted by Crippen LogP contribution is -2.36. The van der Waals surface area contributed by atoms with Gasteiger partial charge in [-0.1, -0.05) is 12.1 Å². The van der Waals surface area contributed by atoms with Gasteiger partial charge < -0.3 is 4.74 Å². The summed E-state index contributed by atoms with van der Waals surface area (Å²) in [6.45, 7) is 4.79. The number of hydrogen-bond donors (Lipinski definition) is 0. The Morgan fingerprint density at radius 3 is 3.04 bits per heavy atom. The van der Waals surface area contributed by atoms with Crippen LogP contribution in [0.2, 0.25) is 0 Å². The predicted molar refractivity (Wildman–Crippen MR) is 96.9 cm³/mol. The Bertz CT molecular complexity index is 681. The van der Waals surface area contributed by atoms with Crippen LogP contribution in [0.3, 0.4) is 0 Å². The van der Waals surface area contributed by atoms with E-state index in [0.29, 0.717) is 6.04 Å². The molecule has 0 amide bonds. The van der Waals surface area contributed by atoms with Gasteiger partial charge in [-0.15, -0.1) is 0 Å². The maximum absolute atomic E-state index is 6.32. The molecule has 2 atom stereocenters. The Kier molecular flexibility index (Phi) is 4.79. The third-order valence-corrected chi connectivity index (χ3v) is 5.47. The second-order valence-electron chi connectivity index (χ2n) is 7.41. The third kappa shape index (κ3) is 3.89. The quantitative estimate of drug-likeness (QED) is 0.837. The molecule has 2 aliphatic heterocycles. The molecule has 2 unspecified atom stereocenters. The molecule has 132 valence electrons. The standard InChI is InChI=1S/C20H26N4O/c1-23(14-18-6-2-3-9-22-18)19-11-20(25-15-19)7-10-24(16-20)13-17-5-4-8-21-12-17/h2-6,8-9,12,19H,7,10-11,13-16H2,1H3. The van der Waals surface area contributed by atoms with Crippen molar-refractivity contribution in [2.75, 3.05) is 26.7 Å². The van der Waals surface area contributed by atoms with Crippen LogP contribution in [0.1, 0.15) is 24.1 Å². The van der Waals surface area contributed by atoms with Gasteiger partial charge in [-0.05, 0) is 43.7 Å². The van der Waals surface area contributed by atoms with E-state index in [0.717, 1.165) is 51.3 Å². The molecule has 4 heterocycles. The first kappa shape index (κ1) is 16.6. The number of likely N-dealkylation sites (N-methyl/N-ethyl adjacent to an activating group) is 1. The van der Waals surface area contributed by atoms with Crippen molar-refractivity contribution < 1.29 is 4.74 Å². The summed E-state index contributed by atoms with van der Waals surface area (Å²) in [7, 11) is 2.18. The smallest absolute Gasteiger partial charge is 0.0837 e. The van der Waals surface area contributed by atoms with Crippen molar-refractivity contribution >= 4 is 0 Å². The minimum absolute atomic E-state index is 0.0330. The summed E-state index contributed by atoms with van der Waals surface area (Å²) in [5.74, 6) is 0. The zero-order valence-corrected chi connectivity index (χ0v) is 14.8. The number of likely N-dealkylation sites (tertiary alicyclic amines) is 1. The van der Waals surface area contributed by atoms with E-state index in [1.165, 1.54) is 5.56 Å². The Morgan fingerprint density at radius 2 is 2.24 bits per heavy atom. The normalized spacial score (nSPS) is 26.7. The monoisotopic (exact) mass is 338 g/mol. The topological polar surface area (TPSA) is 41.5 Å². The van der Waals surface area contributed by atoms with E-state index in [-0.39, 0.29) is 5.60 Å². The van der Waals surface area contributed by atoms with Crippen LogP contribution in [-0.2, 0) is 17.8 Å². The van der Waals surface area contributed by atoms with E-state index in [1.54, 1.807) is 0 Å². The van der Waals surface area contributed by atoms with E-state index < -0.39 is 0 Å². The summed E-state index contributed by atoms with van der Waals surface area (Å²) < 4.78 is 6.32. The lowest BCUT2D eigenvalue weighted by molar-refractivity contribution is 0.0102. The first-order valence-electron chi connectivity index (χ1n) is 9.08. The molecule has 0 N–H and O–H groups in total. The summed E-state index contributed by atoms with van der Waals surface area (Å²) in [6.07, 6.45) is 7.89. The van der Waals surface area contributed by atoms with Gasteiger partial charge in [0.05, 0.1) is 17.9 Å². The molecule has 4 rings (SSSR count). The zero-order chi connectivity index (χ0) is 17.1. The second kappa shape index (κ2) is 7.20. The van der Waals surface area contributed by atoms with Crippen LogP contribution in [0.4, 0.5) is 0 Å². The number of ether oxygens (including phenoxy) is 1. The lowest BCUT2D eigenvalue weighted by Gasteiger charge is -2.26. The molecule has 25 heavy (non-hydrogen) atoms. The highest BCUT2D eigenvalue weighted by Crippen LogP contribution is 2.37. The predicted octanol–water partition coefficient (Wildman–Crippen LogP) is 2.34. The van der Waals surface area contributed by atoms with Crippen LogP contribution in [0, 0.1) is 0 Å². The Morgan fingerprint density at radius 1 is 1.28 bits per heavy atom. The minimum atomic E-state index is 0.0330. The molecule has 2 aromatic rings. The molecular formula is C20H26N4O. The van der Waals surface area contributed by atoms with Gasteiger partial charge in [0.2, 0.25) is 0 Å². The van der Waals surface area contributed by atoms with Crippen molar-refractivity contribution in [2.45, 2.75) is 37.6 Å². The largest absolute Gasteiger partial charge is 0.372 e. The SMILES string of the molecule is CN(Cc1ccccn1)C1COC2(CCN(Cc3cccnc3)C2)C1. The van der Waals surface area contributed by atoms with E-state index in [4.69, 9.17) is 4.74 Å². The average molecular weight is 338 g/mol. The van der Waals surface area contributed by atoms with Gasteiger partial charge in [0, 0.05) is 50.8 Å². The molecule has 2 aliphatic rings. The highest BCUT2D eigenvalue weighted by atomic mass is 16.5. The van der Waals surface area contributed by atoms with Crippen molar-refractivity contribution in [3.63, 3.8) is 0 Å². The van der Waals surface area contributed by atoms with Crippen LogP contribution in [-0.4, -0.2) is 58.2 Å². The van der Waals surface area contributed by atoms with Crippen LogP contribution in [0.15, 0.2) is 48.9 Å². The molecule has 1 spiro atoms. The van der Waals surface area contributed by atoms with Crippen molar-refractivity contribution in [1.82, 2.24) is 19.8 Å². The molecule has 0 saturated carbocycles. The molecule has 2 aromatic heterocycles. The Hall–Kier alpha value is -1.82. The molecule has 0 radical (unpaired) electrons. The lowest BCUT2D eigenvalue weighted by atomic mass is 9.96. The number of hydrogen-bond acceptors (Lipinski definition) is 5. The molecule has 0 aliphatic carbocycles. The molecule has 0 bridgehead atoms. The first-order valence-corrected chi connectivity index (χ1v) is 9.08. The summed E-state index contributed by atoms with van der Waals surface area (Å²) >= 11 is 0. The van der Waals surface area contributed by atoms with Crippen LogP contribution in [0.5, 0.6) is 0 Å². The zero-order valence-electron chi connectivity index (χ0n) is 14.8. The fourth-order valence-electron chi connectivity index (χ4n) is 4.08. The maximum Gasteiger partial charge on any atom is 0.0837 e. The van der Waals surface area contributed by atoms with Gasteiger partial charge in [0.15, 0.2) is 0 Å². The summed E-state index contributed by atoms with van der Waals surface area (Å²) in [5, 5.41) is 0. The fourth-order valence-corrected chi connectivity index (χ4v) is 4.08. The van der Waals surface area contributed by atoms with E-state index in [1.807, 2.05) is 30.7 Å². The number of nitrogens with zero attached hydrogens (tertiary/aromatic N) is 4. The van der Waals surface area contributed by atoms with Crippen molar-refractivity contribution in [3.8, 4) is 0 Å². The Balaban J connectivity index is 1.32. The molecule has 0 aromatic carbocycles. The molecule has 5 nitrogen and oxygen atoms in total. The highest BCUT2D eigenvalue weighted by Gasteiger charge is 2.46. The molecule has 5 heteroatoms. The summed E-state index contributed by atoms with van der Waals surface area (Å²) in [5.41, 5.74) is 2.43. The molecular weight excluding hydrogens is 312 g/mol. The average Bonchev–Trinajstić information content (AvgIpc) is 3.24. The number of rotatable bonds is 5. The van der Waals surface area contributed by atoms with Gasteiger partial charge in [-0.2, -0.15) is 0 Å². The van der Waals surface area contributed by atoms with Crippen molar-refractivity contribution in [2.24, 2.45) is 0 Å². The second-order valence-corrected chi connectivity index (χ2v) is 7.41. The van der Waals surface area contributed by atoms with Crippen LogP contribution in [0.25, 0.3) is 0 Å². The maximum atomic E-state index is 6.32. The van der Waals surface area contributed by atoms with Gasteiger partial charge in [-0.3, -0.25) is 19.8 Å². The van der Waals surface area contributed by atoms with Gasteiger partial charge in [0.25, 0.3) is 0 Å². The van der Waals surface area contributed by atoms with E-state index in [2.05, 4.69) is 45.0 Å². The van der Waals surface area contributed by atoms with Gasteiger partial charge in [0.1, 0.15) is 0 Å². The first-order chi connectivity index (χ1) is 12.2. The van der Waals surface area contributed by atoms with Crippen molar-refractivity contribution in [1.29, 1.82) is 0 Å². The van der Waals surface area contributed by atoms with Crippen LogP contribution >= 0.6 is 0 Å². The number of aromatic nitrogens is 2. The molecule has 2 saturated heterocycles. The highest BCUT2D eigenvalue weighted by molar-refractivity contribution is 5.10. The number of pyridine rings is 2. The fraction of sp³-hybridized carbons (Fsp3) is 0.500. The van der Waals surface area contributed by atoms with Crippen LogP contribution < -0.4 is 0 Å². The van der Waals surface area contributed by atoms with Crippen molar-refractivity contribution in [3.05, 3.63) is 60.2 Å². The van der Waals surface area contributed by atoms with Gasteiger partial charge in [-0.25, -0.2) is 0 Å². The van der Waals surface area contributed by atoms with Gasteiger partial charge >= 0.3 is 0 Å². The molecule has 2 fully saturated rings. The van der Waals surface area contributed by atoms with E-state index in [9.17, 15) is 0 Å². The summed E-state index contributed by atoms with van der Waals surface area (Å²) in [4.78, 5) is 13.5.